The maximum atomic E-state index is 12.7. The van der Waals surface area contributed by atoms with Gasteiger partial charge < -0.3 is 14.3 Å². The Balaban J connectivity index is 1.22. The number of anilines is 1. The van der Waals surface area contributed by atoms with Crippen molar-refractivity contribution in [2.45, 2.75) is 44.9 Å². The van der Waals surface area contributed by atoms with E-state index >= 15 is 0 Å². The van der Waals surface area contributed by atoms with Crippen LogP contribution in [0.15, 0.2) is 29.1 Å². The number of para-hydroxylation sites is 2. The molecular formula is C24H27N5O3S2. The van der Waals surface area contributed by atoms with Gasteiger partial charge in [-0.05, 0) is 50.3 Å². The maximum absolute atomic E-state index is 12.7. The Bertz CT molecular complexity index is 1390. The third kappa shape index (κ3) is 4.75. The van der Waals surface area contributed by atoms with Crippen molar-refractivity contribution in [1.82, 2.24) is 19.5 Å². The van der Waals surface area contributed by atoms with Crippen LogP contribution in [0.4, 0.5) is 5.95 Å². The molecule has 0 aliphatic heterocycles. The Kier molecular flexibility index (Phi) is 6.98. The zero-order chi connectivity index (χ0) is 23.5. The number of nitrogens with zero attached hydrogens (tertiary/aromatic N) is 3. The highest BCUT2D eigenvalue weighted by Crippen LogP contribution is 2.34. The number of rotatable bonds is 10. The zero-order valence-corrected chi connectivity index (χ0v) is 20.7. The van der Waals surface area contributed by atoms with E-state index in [-0.39, 0.29) is 17.2 Å². The van der Waals surface area contributed by atoms with Crippen LogP contribution < -0.4 is 10.9 Å². The van der Waals surface area contributed by atoms with Gasteiger partial charge in [-0.15, -0.1) is 23.1 Å². The number of imidazole rings is 1. The number of aromatic nitrogens is 4. The fraction of sp³-hybridized carbons (Fsp3) is 0.417. The van der Waals surface area contributed by atoms with Crippen molar-refractivity contribution >= 4 is 56.2 Å². The summed E-state index contributed by atoms with van der Waals surface area (Å²) in [5.41, 5.74) is 2.95. The second kappa shape index (κ2) is 10.3. The molecule has 178 valence electrons. The fourth-order valence-corrected chi connectivity index (χ4v) is 6.35. The minimum atomic E-state index is -0.134. The summed E-state index contributed by atoms with van der Waals surface area (Å²) in [6.45, 7) is 4.04. The number of fused-ring (bicyclic) bond motifs is 4. The number of amides is 1. The van der Waals surface area contributed by atoms with Gasteiger partial charge in [0.15, 0.2) is 0 Å². The smallest absolute Gasteiger partial charge is 0.259 e. The lowest BCUT2D eigenvalue weighted by Gasteiger charge is -2.10. The predicted octanol–water partition coefficient (Wildman–Crippen LogP) is 4.12. The number of hydrogen-bond acceptors (Lipinski definition) is 7. The van der Waals surface area contributed by atoms with Crippen LogP contribution in [0.1, 0.15) is 36.0 Å². The summed E-state index contributed by atoms with van der Waals surface area (Å²) in [5.74, 6) is 1.73. The molecule has 8 nitrogen and oxygen atoms in total. The number of hydrogen-bond donors (Lipinski definition) is 2. The van der Waals surface area contributed by atoms with E-state index in [0.717, 1.165) is 46.9 Å². The number of thioether (sulfide) groups is 1. The minimum Gasteiger partial charge on any atom is -0.382 e. The molecule has 5 rings (SSSR count). The number of ether oxygens (including phenoxy) is 1. The molecule has 0 bridgehead atoms. The third-order valence-corrected chi connectivity index (χ3v) is 8.01. The van der Waals surface area contributed by atoms with Gasteiger partial charge in [0.2, 0.25) is 11.9 Å². The number of H-pyrrole nitrogens is 1. The van der Waals surface area contributed by atoms with Crippen LogP contribution in [0, 0.1) is 0 Å². The molecule has 1 aliphatic carbocycles. The molecule has 0 radical (unpaired) electrons. The molecule has 4 aromatic rings. The summed E-state index contributed by atoms with van der Waals surface area (Å²) in [4.78, 5) is 39.6. The van der Waals surface area contributed by atoms with Crippen molar-refractivity contribution in [2.75, 3.05) is 24.3 Å². The van der Waals surface area contributed by atoms with Crippen molar-refractivity contribution in [2.24, 2.45) is 0 Å². The second-order valence-corrected chi connectivity index (χ2v) is 10.3. The first kappa shape index (κ1) is 23.1. The Hall–Kier alpha value is -2.69. The van der Waals surface area contributed by atoms with Crippen LogP contribution in [-0.4, -0.2) is 44.4 Å². The average Bonchev–Trinajstić information content (AvgIpc) is 3.49. The van der Waals surface area contributed by atoms with Crippen LogP contribution in [0.2, 0.25) is 0 Å². The first-order valence-electron chi connectivity index (χ1n) is 11.6. The minimum absolute atomic E-state index is 0.0646. The van der Waals surface area contributed by atoms with Crippen molar-refractivity contribution in [3.8, 4) is 0 Å². The van der Waals surface area contributed by atoms with Gasteiger partial charge in [0.1, 0.15) is 10.7 Å². The summed E-state index contributed by atoms with van der Waals surface area (Å²) in [7, 11) is 0. The summed E-state index contributed by atoms with van der Waals surface area (Å²) in [6.07, 6.45) is 3.95. The Morgan fingerprint density at radius 1 is 1.29 bits per heavy atom. The van der Waals surface area contributed by atoms with Crippen LogP contribution in [0.5, 0.6) is 0 Å². The molecule has 0 saturated carbocycles. The van der Waals surface area contributed by atoms with Gasteiger partial charge in [-0.25, -0.2) is 9.97 Å². The molecular weight excluding hydrogens is 470 g/mol. The van der Waals surface area contributed by atoms with E-state index in [1.54, 1.807) is 11.3 Å². The number of thiophene rings is 1. The van der Waals surface area contributed by atoms with Gasteiger partial charge in [-0.2, -0.15) is 0 Å². The summed E-state index contributed by atoms with van der Waals surface area (Å²) < 4.78 is 7.49. The standard InChI is InChI=1S/C24H27N5O3S2/c1-2-32-12-6-11-29-17-9-4-3-8-16(17)25-24(29)28-20(30)14-33-13-19-26-22(31)21-15-7-5-10-18(15)34-23(21)27-19/h3-4,8-9H,2,5-7,10-14H2,1H3,(H,25,28,30)(H,26,27,31). The number of carbonyl (C=O) groups excluding carboxylic acids is 1. The van der Waals surface area contributed by atoms with E-state index in [9.17, 15) is 9.59 Å². The predicted molar refractivity (Wildman–Crippen MR) is 138 cm³/mol. The van der Waals surface area contributed by atoms with E-state index in [1.807, 2.05) is 35.8 Å². The molecule has 0 saturated heterocycles. The molecule has 0 fully saturated rings. The van der Waals surface area contributed by atoms with E-state index in [4.69, 9.17) is 4.74 Å². The van der Waals surface area contributed by atoms with Gasteiger partial charge in [-0.1, -0.05) is 12.1 Å². The molecule has 2 N–H and O–H groups in total. The van der Waals surface area contributed by atoms with Crippen molar-refractivity contribution in [3.05, 3.63) is 50.9 Å². The van der Waals surface area contributed by atoms with Crippen LogP contribution in [-0.2, 0) is 34.7 Å². The van der Waals surface area contributed by atoms with Crippen molar-refractivity contribution in [1.29, 1.82) is 0 Å². The van der Waals surface area contributed by atoms with Gasteiger partial charge in [0.25, 0.3) is 5.56 Å². The quantitative estimate of drug-likeness (QED) is 0.320. The van der Waals surface area contributed by atoms with Crippen molar-refractivity contribution in [3.63, 3.8) is 0 Å². The van der Waals surface area contributed by atoms with Gasteiger partial charge in [0.05, 0.1) is 27.9 Å². The lowest BCUT2D eigenvalue weighted by molar-refractivity contribution is -0.113. The molecule has 0 unspecified atom stereocenters. The Morgan fingerprint density at radius 3 is 3.06 bits per heavy atom. The molecule has 3 heterocycles. The van der Waals surface area contributed by atoms with E-state index in [2.05, 4.69) is 20.3 Å². The largest absolute Gasteiger partial charge is 0.382 e. The van der Waals surface area contributed by atoms with Crippen LogP contribution in [0.25, 0.3) is 21.3 Å². The lowest BCUT2D eigenvalue weighted by Crippen LogP contribution is -2.18. The molecule has 1 amide bonds. The second-order valence-electron chi connectivity index (χ2n) is 8.22. The van der Waals surface area contributed by atoms with Crippen molar-refractivity contribution < 1.29 is 9.53 Å². The highest BCUT2D eigenvalue weighted by atomic mass is 32.2. The lowest BCUT2D eigenvalue weighted by atomic mass is 10.2. The SMILES string of the molecule is CCOCCCn1c(NC(=O)CSCc2nc3sc4c(c3c(=O)[nH]2)CCC4)nc2ccccc21. The number of nitrogens with one attached hydrogen (secondary N) is 2. The number of aromatic amines is 1. The van der Waals surface area contributed by atoms with Crippen LogP contribution in [0.3, 0.4) is 0 Å². The van der Waals surface area contributed by atoms with Gasteiger partial charge >= 0.3 is 0 Å². The number of carbonyl (C=O) groups is 1. The Morgan fingerprint density at radius 2 is 2.18 bits per heavy atom. The van der Waals surface area contributed by atoms with Gasteiger partial charge in [0, 0.05) is 24.6 Å². The normalized spacial score (nSPS) is 13.1. The Labute approximate surface area is 205 Å². The first-order chi connectivity index (χ1) is 16.6. The molecule has 0 atom stereocenters. The highest BCUT2D eigenvalue weighted by molar-refractivity contribution is 7.99. The van der Waals surface area contributed by atoms with Crippen LogP contribution >= 0.6 is 23.1 Å². The molecule has 0 spiro atoms. The molecule has 1 aliphatic rings. The molecule has 3 aromatic heterocycles. The number of aryl methyl sites for hydroxylation is 3. The van der Waals surface area contributed by atoms with E-state index in [0.29, 0.717) is 37.3 Å². The van der Waals surface area contributed by atoms with Gasteiger partial charge in [-0.3, -0.25) is 14.9 Å². The zero-order valence-electron chi connectivity index (χ0n) is 19.1. The monoisotopic (exact) mass is 497 g/mol. The average molecular weight is 498 g/mol. The molecule has 34 heavy (non-hydrogen) atoms. The summed E-state index contributed by atoms with van der Waals surface area (Å²) >= 11 is 3.05. The molecule has 1 aromatic carbocycles. The summed E-state index contributed by atoms with van der Waals surface area (Å²) in [5, 5.41) is 3.71. The summed E-state index contributed by atoms with van der Waals surface area (Å²) in [6, 6.07) is 7.86. The number of benzene rings is 1. The highest BCUT2D eigenvalue weighted by Gasteiger charge is 2.21. The third-order valence-electron chi connectivity index (χ3n) is 5.88. The van der Waals surface area contributed by atoms with E-state index < -0.39 is 0 Å². The van der Waals surface area contributed by atoms with E-state index in [1.165, 1.54) is 22.2 Å². The topological polar surface area (TPSA) is 102 Å². The first-order valence-corrected chi connectivity index (χ1v) is 13.5. The maximum Gasteiger partial charge on any atom is 0.259 e. The fourth-order valence-electron chi connectivity index (χ4n) is 4.38. The molecule has 10 heteroatoms.